The fourth-order valence-electron chi connectivity index (χ4n) is 2.88. The van der Waals surface area contributed by atoms with Gasteiger partial charge in [-0.05, 0) is 27.6 Å². The Kier molecular flexibility index (Phi) is 2.10. The highest BCUT2D eigenvalue weighted by Gasteiger charge is 2.06. The number of fused-ring (bicyclic) bond motifs is 5. The fourth-order valence-corrected chi connectivity index (χ4v) is 2.88. The summed E-state index contributed by atoms with van der Waals surface area (Å²) in [5, 5.41) is 7.90. The van der Waals surface area contributed by atoms with Crippen molar-refractivity contribution in [2.24, 2.45) is 7.05 Å². The lowest BCUT2D eigenvalue weighted by Gasteiger charge is -2.06. The lowest BCUT2D eigenvalue weighted by Crippen LogP contribution is -2.25. The molecule has 0 radical (unpaired) electrons. The summed E-state index contributed by atoms with van der Waals surface area (Å²) in [6, 6.07) is 19.7. The van der Waals surface area contributed by atoms with Gasteiger partial charge in [0.2, 0.25) is 0 Å². The molecule has 0 amide bonds. The molecule has 0 fully saturated rings. The van der Waals surface area contributed by atoms with E-state index in [2.05, 4.69) is 78.6 Å². The lowest BCUT2D eigenvalue weighted by atomic mass is 9.98. The summed E-state index contributed by atoms with van der Waals surface area (Å²) < 4.78 is 2.09. The number of hydrogen-bond donors (Lipinski definition) is 0. The summed E-state index contributed by atoms with van der Waals surface area (Å²) in [5.41, 5.74) is 0. The second kappa shape index (κ2) is 3.79. The second-order valence-corrected chi connectivity index (χ2v) is 5.06. The van der Waals surface area contributed by atoms with Gasteiger partial charge in [-0.1, -0.05) is 42.5 Å². The number of hydrogen-bond acceptors (Lipinski definition) is 0. The van der Waals surface area contributed by atoms with Crippen LogP contribution in [0.15, 0.2) is 67.0 Å². The van der Waals surface area contributed by atoms with E-state index in [0.29, 0.717) is 0 Å². The van der Waals surface area contributed by atoms with E-state index in [0.717, 1.165) is 0 Å². The fraction of sp³-hybridized carbons (Fsp3) is 0.0556. The average Bonchev–Trinajstić information content (AvgIpc) is 2.46. The van der Waals surface area contributed by atoms with Gasteiger partial charge in [-0.2, -0.15) is 0 Å². The van der Waals surface area contributed by atoms with Crippen molar-refractivity contribution in [2.45, 2.75) is 0 Å². The van der Waals surface area contributed by atoms with Crippen LogP contribution in [0.3, 0.4) is 0 Å². The molecule has 90 valence electrons. The van der Waals surface area contributed by atoms with Crippen molar-refractivity contribution in [3.63, 3.8) is 0 Å². The molecule has 0 saturated heterocycles. The summed E-state index contributed by atoms with van der Waals surface area (Å²) in [6.07, 6.45) is 4.28. The third kappa shape index (κ3) is 1.52. The first-order valence-corrected chi connectivity index (χ1v) is 6.52. The molecule has 19 heavy (non-hydrogen) atoms. The Morgan fingerprint density at radius 1 is 0.632 bits per heavy atom. The van der Waals surface area contributed by atoms with Crippen LogP contribution in [0.4, 0.5) is 0 Å². The van der Waals surface area contributed by atoms with Crippen LogP contribution in [0.5, 0.6) is 0 Å². The Morgan fingerprint density at radius 2 is 1.32 bits per heavy atom. The summed E-state index contributed by atoms with van der Waals surface area (Å²) in [6.45, 7) is 0. The number of benzene rings is 3. The molecule has 1 nitrogen and oxygen atoms in total. The minimum absolute atomic E-state index is 1.28. The van der Waals surface area contributed by atoms with E-state index < -0.39 is 0 Å². The Hall–Kier alpha value is -2.41. The molecule has 3 aromatic carbocycles. The van der Waals surface area contributed by atoms with Crippen LogP contribution in [0.1, 0.15) is 0 Å². The zero-order chi connectivity index (χ0) is 12.8. The predicted octanol–water partition coefficient (Wildman–Crippen LogP) is 3.97. The molecular weight excluding hydrogens is 230 g/mol. The maximum atomic E-state index is 2.24. The van der Waals surface area contributed by atoms with Crippen LogP contribution in [-0.4, -0.2) is 0 Å². The monoisotopic (exact) mass is 244 g/mol. The molecule has 0 atom stereocenters. The van der Waals surface area contributed by atoms with Crippen molar-refractivity contribution in [3.8, 4) is 0 Å². The summed E-state index contributed by atoms with van der Waals surface area (Å²) in [7, 11) is 2.06. The van der Waals surface area contributed by atoms with Gasteiger partial charge in [0.1, 0.15) is 7.05 Å². The number of aryl methyl sites for hydroxylation is 1. The first-order valence-electron chi connectivity index (χ1n) is 6.52. The Morgan fingerprint density at radius 3 is 2.16 bits per heavy atom. The Bertz CT molecular complexity index is 922. The molecule has 0 aliphatic carbocycles. The minimum atomic E-state index is 1.28. The van der Waals surface area contributed by atoms with Crippen LogP contribution in [0, 0.1) is 0 Å². The molecule has 4 rings (SSSR count). The third-order valence-electron chi connectivity index (χ3n) is 3.82. The van der Waals surface area contributed by atoms with Gasteiger partial charge in [0.25, 0.3) is 0 Å². The molecular formula is C18H14N+. The van der Waals surface area contributed by atoms with Gasteiger partial charge in [-0.25, -0.2) is 4.57 Å². The molecule has 0 aliphatic rings. The van der Waals surface area contributed by atoms with E-state index in [9.17, 15) is 0 Å². The normalized spacial score (nSPS) is 11.4. The standard InChI is InChI=1S/C18H14N/c1-19-11-10-16-14(12-19)7-9-17-15-5-3-2-4-13(15)6-8-18(16)17/h2-12H,1H3/q+1. The Labute approximate surface area is 111 Å². The molecule has 1 aromatic heterocycles. The van der Waals surface area contributed by atoms with Gasteiger partial charge in [0, 0.05) is 16.8 Å². The van der Waals surface area contributed by atoms with E-state index in [1.165, 1.54) is 32.3 Å². The molecule has 1 heteroatoms. The molecule has 1 heterocycles. The van der Waals surface area contributed by atoms with Crippen LogP contribution in [0.25, 0.3) is 32.3 Å². The minimum Gasteiger partial charge on any atom is -0.207 e. The molecule has 0 spiro atoms. The first kappa shape index (κ1) is 10.5. The first-order chi connectivity index (χ1) is 9.33. The summed E-state index contributed by atoms with van der Waals surface area (Å²) in [4.78, 5) is 0. The maximum absolute atomic E-state index is 2.24. The van der Waals surface area contributed by atoms with Gasteiger partial charge in [0.05, 0.1) is 0 Å². The summed E-state index contributed by atoms with van der Waals surface area (Å²) >= 11 is 0. The van der Waals surface area contributed by atoms with Crippen LogP contribution in [0.2, 0.25) is 0 Å². The predicted molar refractivity (Wildman–Crippen MR) is 80.1 cm³/mol. The number of nitrogens with zero attached hydrogens (tertiary/aromatic N) is 1. The molecule has 0 bridgehead atoms. The number of pyridine rings is 1. The highest BCUT2D eigenvalue weighted by Crippen LogP contribution is 2.30. The second-order valence-electron chi connectivity index (χ2n) is 5.06. The zero-order valence-electron chi connectivity index (χ0n) is 10.8. The van der Waals surface area contributed by atoms with Crippen LogP contribution < -0.4 is 4.57 Å². The van der Waals surface area contributed by atoms with Crippen molar-refractivity contribution < 1.29 is 4.57 Å². The Balaban J connectivity index is 2.26. The lowest BCUT2D eigenvalue weighted by molar-refractivity contribution is -0.670. The van der Waals surface area contributed by atoms with E-state index in [4.69, 9.17) is 0 Å². The van der Waals surface area contributed by atoms with Gasteiger partial charge in [-0.15, -0.1) is 0 Å². The number of aromatic nitrogens is 1. The van der Waals surface area contributed by atoms with Crippen molar-refractivity contribution in [1.29, 1.82) is 0 Å². The van der Waals surface area contributed by atoms with Gasteiger partial charge in [0.15, 0.2) is 12.4 Å². The highest BCUT2D eigenvalue weighted by molar-refractivity contribution is 6.16. The van der Waals surface area contributed by atoms with Crippen LogP contribution in [-0.2, 0) is 7.05 Å². The number of rotatable bonds is 0. The molecule has 0 unspecified atom stereocenters. The summed E-state index contributed by atoms with van der Waals surface area (Å²) in [5.74, 6) is 0. The topological polar surface area (TPSA) is 3.88 Å². The van der Waals surface area contributed by atoms with Crippen molar-refractivity contribution >= 4 is 32.3 Å². The van der Waals surface area contributed by atoms with Crippen molar-refractivity contribution in [2.75, 3.05) is 0 Å². The van der Waals surface area contributed by atoms with Gasteiger partial charge in [-0.3, -0.25) is 0 Å². The zero-order valence-corrected chi connectivity index (χ0v) is 10.8. The smallest absolute Gasteiger partial charge is 0.176 e. The van der Waals surface area contributed by atoms with Gasteiger partial charge >= 0.3 is 0 Å². The van der Waals surface area contributed by atoms with Gasteiger partial charge < -0.3 is 0 Å². The van der Waals surface area contributed by atoms with Crippen LogP contribution >= 0.6 is 0 Å². The van der Waals surface area contributed by atoms with E-state index in [1.807, 2.05) is 0 Å². The molecule has 0 saturated carbocycles. The molecule has 0 aliphatic heterocycles. The van der Waals surface area contributed by atoms with Crippen molar-refractivity contribution in [3.05, 3.63) is 67.0 Å². The maximum Gasteiger partial charge on any atom is 0.176 e. The van der Waals surface area contributed by atoms with Crippen molar-refractivity contribution in [1.82, 2.24) is 0 Å². The highest BCUT2D eigenvalue weighted by atomic mass is 14.9. The SMILES string of the molecule is C[n+]1ccc2c(ccc3c4ccccc4ccc23)c1. The van der Waals surface area contributed by atoms with E-state index >= 15 is 0 Å². The average molecular weight is 244 g/mol. The largest absolute Gasteiger partial charge is 0.207 e. The van der Waals surface area contributed by atoms with E-state index in [1.54, 1.807) is 0 Å². The molecule has 0 N–H and O–H groups in total. The van der Waals surface area contributed by atoms with E-state index in [-0.39, 0.29) is 0 Å². The third-order valence-corrected chi connectivity index (χ3v) is 3.82. The molecule has 4 aromatic rings. The quantitative estimate of drug-likeness (QED) is 0.325.